The van der Waals surface area contributed by atoms with E-state index in [-0.39, 0.29) is 0 Å². The van der Waals surface area contributed by atoms with E-state index in [0.29, 0.717) is 22.5 Å². The van der Waals surface area contributed by atoms with Crippen LogP contribution in [0.4, 0.5) is 5.82 Å². The molecule has 2 heterocycles. The highest BCUT2D eigenvalue weighted by atomic mass is 35.5. The Morgan fingerprint density at radius 3 is 2.78 bits per heavy atom. The Kier molecular flexibility index (Phi) is 3.44. The summed E-state index contributed by atoms with van der Waals surface area (Å²) in [5, 5.41) is 0.633. The summed E-state index contributed by atoms with van der Waals surface area (Å²) in [6.45, 7) is 0. The van der Waals surface area contributed by atoms with Gasteiger partial charge in [0.05, 0.1) is 5.02 Å². The van der Waals surface area contributed by atoms with Crippen LogP contribution in [0.15, 0.2) is 36.7 Å². The molecule has 0 unspecified atom stereocenters. The quantitative estimate of drug-likeness (QED) is 0.696. The van der Waals surface area contributed by atoms with Crippen molar-refractivity contribution in [1.82, 2.24) is 14.4 Å². The Hall–Kier alpha value is -2.51. The summed E-state index contributed by atoms with van der Waals surface area (Å²) < 4.78 is 2.03. The summed E-state index contributed by atoms with van der Waals surface area (Å²) in [7, 11) is 0. The van der Waals surface area contributed by atoms with Gasteiger partial charge in [-0.1, -0.05) is 36.1 Å². The molecule has 23 heavy (non-hydrogen) atoms. The summed E-state index contributed by atoms with van der Waals surface area (Å²) in [6.07, 6.45) is 7.20. The van der Waals surface area contributed by atoms with E-state index in [0.717, 1.165) is 16.9 Å². The van der Waals surface area contributed by atoms with Crippen molar-refractivity contribution in [3.05, 3.63) is 58.8 Å². The molecule has 2 aromatic heterocycles. The Labute approximate surface area is 139 Å². The van der Waals surface area contributed by atoms with Gasteiger partial charge >= 0.3 is 0 Å². The maximum atomic E-state index is 6.16. The van der Waals surface area contributed by atoms with Crippen LogP contribution in [-0.2, 0) is 0 Å². The van der Waals surface area contributed by atoms with Crippen molar-refractivity contribution in [2.45, 2.75) is 25.2 Å². The smallest absolute Gasteiger partial charge is 0.150 e. The van der Waals surface area contributed by atoms with Crippen LogP contribution in [0, 0.1) is 11.8 Å². The zero-order chi connectivity index (χ0) is 15.8. The summed E-state index contributed by atoms with van der Waals surface area (Å²) in [5.74, 6) is 8.19. The van der Waals surface area contributed by atoms with Gasteiger partial charge in [0.15, 0.2) is 5.82 Å². The minimum atomic E-state index is 0.453. The number of nitrogen functional groups attached to an aromatic ring is 1. The molecular formula is C18H15ClN4. The number of fused-ring (bicyclic) bond motifs is 1. The van der Waals surface area contributed by atoms with Crippen LogP contribution < -0.4 is 5.73 Å². The lowest BCUT2D eigenvalue weighted by Crippen LogP contribution is -2.12. The second kappa shape index (κ2) is 5.60. The number of nitrogens with two attached hydrogens (primary N) is 1. The fraction of sp³-hybridized carbons (Fsp3) is 0.222. The number of halogens is 1. The van der Waals surface area contributed by atoms with Crippen LogP contribution in [0.3, 0.4) is 0 Å². The minimum Gasteiger partial charge on any atom is -0.382 e. The lowest BCUT2D eigenvalue weighted by Gasteiger charge is -2.23. The molecule has 114 valence electrons. The van der Waals surface area contributed by atoms with Crippen LogP contribution >= 0.6 is 11.6 Å². The first-order chi connectivity index (χ1) is 11.2. The van der Waals surface area contributed by atoms with Gasteiger partial charge in [0.25, 0.3) is 0 Å². The minimum absolute atomic E-state index is 0.453. The van der Waals surface area contributed by atoms with Gasteiger partial charge < -0.3 is 5.73 Å². The molecule has 0 atom stereocenters. The Bertz CT molecular complexity index is 945. The number of rotatable bonds is 1. The predicted octanol–water partition coefficient (Wildman–Crippen LogP) is 3.63. The molecule has 1 aromatic carbocycles. The van der Waals surface area contributed by atoms with E-state index in [9.17, 15) is 0 Å². The summed E-state index contributed by atoms with van der Waals surface area (Å²) in [4.78, 5) is 8.92. The van der Waals surface area contributed by atoms with Gasteiger partial charge in [0.2, 0.25) is 0 Å². The SMILES string of the molecule is Nc1nccn2c(C3CCC3)nc(C#Cc3ccccc3Cl)c12. The Balaban J connectivity index is 1.86. The van der Waals surface area contributed by atoms with Crippen molar-refractivity contribution in [3.63, 3.8) is 0 Å². The first kappa shape index (κ1) is 14.1. The Morgan fingerprint density at radius 1 is 1.22 bits per heavy atom. The highest BCUT2D eigenvalue weighted by molar-refractivity contribution is 6.31. The summed E-state index contributed by atoms with van der Waals surface area (Å²) in [6, 6.07) is 7.52. The largest absolute Gasteiger partial charge is 0.382 e. The third-order valence-electron chi connectivity index (χ3n) is 4.27. The van der Waals surface area contributed by atoms with Gasteiger partial charge in [-0.05, 0) is 30.9 Å². The molecular weight excluding hydrogens is 308 g/mol. The molecule has 4 nitrogen and oxygen atoms in total. The van der Waals surface area contributed by atoms with Crippen molar-refractivity contribution < 1.29 is 0 Å². The molecule has 0 saturated heterocycles. The van der Waals surface area contributed by atoms with Crippen LogP contribution in [0.1, 0.15) is 42.3 Å². The normalized spacial score (nSPS) is 14.3. The molecule has 0 bridgehead atoms. The molecule has 1 fully saturated rings. The fourth-order valence-electron chi connectivity index (χ4n) is 2.82. The van der Waals surface area contributed by atoms with Gasteiger partial charge in [-0.2, -0.15) is 0 Å². The highest BCUT2D eigenvalue weighted by Crippen LogP contribution is 2.36. The number of imidazole rings is 1. The zero-order valence-corrected chi connectivity index (χ0v) is 13.2. The number of anilines is 1. The topological polar surface area (TPSA) is 56.2 Å². The van der Waals surface area contributed by atoms with Crippen LogP contribution in [0.2, 0.25) is 5.02 Å². The summed E-state index contributed by atoms with van der Waals surface area (Å²) >= 11 is 6.16. The van der Waals surface area contributed by atoms with E-state index in [4.69, 9.17) is 22.3 Å². The van der Waals surface area contributed by atoms with E-state index in [1.54, 1.807) is 6.20 Å². The average Bonchev–Trinajstić information content (AvgIpc) is 2.85. The molecule has 1 saturated carbocycles. The van der Waals surface area contributed by atoms with Crippen LogP contribution in [0.25, 0.3) is 5.52 Å². The van der Waals surface area contributed by atoms with Gasteiger partial charge in [-0.3, -0.25) is 4.40 Å². The van der Waals surface area contributed by atoms with E-state index in [1.165, 1.54) is 19.3 Å². The predicted molar refractivity (Wildman–Crippen MR) is 91.4 cm³/mol. The maximum absolute atomic E-state index is 6.16. The summed E-state index contributed by atoms with van der Waals surface area (Å²) in [5.41, 5.74) is 8.29. The van der Waals surface area contributed by atoms with Crippen LogP contribution in [0.5, 0.6) is 0 Å². The average molecular weight is 323 g/mol. The van der Waals surface area contributed by atoms with Gasteiger partial charge in [0, 0.05) is 23.9 Å². The lowest BCUT2D eigenvalue weighted by molar-refractivity contribution is 0.400. The fourth-order valence-corrected chi connectivity index (χ4v) is 3.00. The number of hydrogen-bond acceptors (Lipinski definition) is 3. The first-order valence-corrected chi connectivity index (χ1v) is 8.01. The lowest BCUT2D eigenvalue weighted by atomic mass is 9.85. The van der Waals surface area contributed by atoms with E-state index >= 15 is 0 Å². The van der Waals surface area contributed by atoms with Crippen molar-refractivity contribution >= 4 is 22.9 Å². The molecule has 0 radical (unpaired) electrons. The molecule has 3 aromatic rings. The van der Waals surface area contributed by atoms with E-state index < -0.39 is 0 Å². The van der Waals surface area contributed by atoms with Gasteiger partial charge in [-0.25, -0.2) is 9.97 Å². The second-order valence-electron chi connectivity index (χ2n) is 5.71. The molecule has 0 amide bonds. The van der Waals surface area contributed by atoms with Crippen LogP contribution in [-0.4, -0.2) is 14.4 Å². The van der Waals surface area contributed by atoms with Gasteiger partial charge in [0.1, 0.15) is 17.0 Å². The van der Waals surface area contributed by atoms with Crippen molar-refractivity contribution in [1.29, 1.82) is 0 Å². The standard InChI is InChI=1S/C18H15ClN4/c19-14-7-2-1-4-12(14)8-9-15-16-17(20)21-10-11-23(16)18(22-15)13-5-3-6-13/h1-2,4,7,10-11,13H,3,5-6H2,(H2,20,21). The van der Waals surface area contributed by atoms with E-state index in [2.05, 4.69) is 16.8 Å². The molecule has 4 rings (SSSR count). The van der Waals surface area contributed by atoms with E-state index in [1.807, 2.05) is 34.9 Å². The molecule has 5 heteroatoms. The number of hydrogen-bond donors (Lipinski definition) is 1. The highest BCUT2D eigenvalue weighted by Gasteiger charge is 2.25. The van der Waals surface area contributed by atoms with Gasteiger partial charge in [-0.15, -0.1) is 0 Å². The maximum Gasteiger partial charge on any atom is 0.150 e. The van der Waals surface area contributed by atoms with Crippen molar-refractivity contribution in [3.8, 4) is 11.8 Å². The molecule has 1 aliphatic carbocycles. The third-order valence-corrected chi connectivity index (χ3v) is 4.60. The molecule has 1 aliphatic rings. The zero-order valence-electron chi connectivity index (χ0n) is 12.5. The number of nitrogens with zero attached hydrogens (tertiary/aromatic N) is 3. The van der Waals surface area contributed by atoms with Crippen molar-refractivity contribution in [2.75, 3.05) is 5.73 Å². The number of benzene rings is 1. The van der Waals surface area contributed by atoms with Crippen molar-refractivity contribution in [2.24, 2.45) is 0 Å². The molecule has 2 N–H and O–H groups in total. The second-order valence-corrected chi connectivity index (χ2v) is 6.11. The molecule has 0 aliphatic heterocycles. The molecule has 0 spiro atoms. The monoisotopic (exact) mass is 322 g/mol. The first-order valence-electron chi connectivity index (χ1n) is 7.63. The Morgan fingerprint density at radius 2 is 2.04 bits per heavy atom. The third kappa shape index (κ3) is 2.43. The number of aromatic nitrogens is 3.